The van der Waals surface area contributed by atoms with Crippen LogP contribution in [0.4, 0.5) is 0 Å². The monoisotopic (exact) mass is 265 g/mol. The predicted molar refractivity (Wildman–Crippen MR) is 74.2 cm³/mol. The number of hydrogen-bond donors (Lipinski definition) is 3. The first kappa shape index (κ1) is 14.2. The topological polar surface area (TPSA) is 75.7 Å². The third-order valence-corrected chi connectivity index (χ3v) is 4.09. The fourth-order valence-electron chi connectivity index (χ4n) is 2.88. The number of aromatic hydroxyl groups is 1. The highest BCUT2D eigenvalue weighted by atomic mass is 16.5. The fourth-order valence-corrected chi connectivity index (χ4v) is 2.88. The maximum absolute atomic E-state index is 10.4. The molecule has 1 fully saturated rings. The molecule has 106 valence electrons. The number of nitrogens with two attached hydrogens (primary N) is 1. The van der Waals surface area contributed by atoms with Gasteiger partial charge in [-0.3, -0.25) is 0 Å². The van der Waals surface area contributed by atoms with Gasteiger partial charge in [0.15, 0.2) is 11.5 Å². The van der Waals surface area contributed by atoms with E-state index in [1.165, 1.54) is 26.4 Å². The van der Waals surface area contributed by atoms with E-state index >= 15 is 0 Å². The van der Waals surface area contributed by atoms with E-state index in [1.807, 2.05) is 0 Å². The van der Waals surface area contributed by atoms with Gasteiger partial charge in [-0.2, -0.15) is 0 Å². The zero-order chi connectivity index (χ0) is 13.8. The van der Waals surface area contributed by atoms with Gasteiger partial charge in [0.2, 0.25) is 0 Å². The van der Waals surface area contributed by atoms with Crippen molar-refractivity contribution in [2.24, 2.45) is 11.7 Å². The van der Waals surface area contributed by atoms with Crippen LogP contribution >= 0.6 is 0 Å². The van der Waals surface area contributed by atoms with Crippen molar-refractivity contribution < 1.29 is 14.9 Å². The third kappa shape index (κ3) is 3.19. The average Bonchev–Trinajstić information content (AvgIpc) is 2.46. The highest BCUT2D eigenvalue weighted by Gasteiger charge is 2.27. The van der Waals surface area contributed by atoms with Crippen LogP contribution < -0.4 is 10.5 Å². The summed E-state index contributed by atoms with van der Waals surface area (Å²) < 4.78 is 5.00. The second-order valence-electron chi connectivity index (χ2n) is 5.35. The van der Waals surface area contributed by atoms with Crippen LogP contribution in [-0.2, 0) is 0 Å². The number of phenolic OH excluding ortho intramolecular Hbond substituents is 1. The third-order valence-electron chi connectivity index (χ3n) is 4.09. The maximum atomic E-state index is 10.4. The Hall–Kier alpha value is -1.26. The molecule has 1 saturated carbocycles. The summed E-state index contributed by atoms with van der Waals surface area (Å²) in [6.07, 6.45) is 5.12. The van der Waals surface area contributed by atoms with E-state index in [0.29, 0.717) is 5.75 Å². The van der Waals surface area contributed by atoms with Crippen molar-refractivity contribution >= 4 is 0 Å². The van der Waals surface area contributed by atoms with Crippen LogP contribution in [0.2, 0.25) is 0 Å². The summed E-state index contributed by atoms with van der Waals surface area (Å²) in [5.74, 6) is 0.752. The standard InChI is InChI=1S/C15H23NO3/c1-19-13-8-7-11(9-12(13)17)14(16)15(18)10-5-3-2-4-6-10/h7-10,14-15,17-18H,2-6,16H2,1H3/t14-,15+/m0/s1. The van der Waals surface area contributed by atoms with E-state index in [-0.39, 0.29) is 11.7 Å². The molecule has 1 aromatic carbocycles. The molecule has 4 N–H and O–H groups in total. The summed E-state index contributed by atoms with van der Waals surface area (Å²) in [6.45, 7) is 0. The second kappa shape index (κ2) is 6.26. The van der Waals surface area contributed by atoms with Gasteiger partial charge in [-0.15, -0.1) is 0 Å². The molecule has 19 heavy (non-hydrogen) atoms. The van der Waals surface area contributed by atoms with Gasteiger partial charge in [0, 0.05) is 0 Å². The Morgan fingerprint density at radius 2 is 1.95 bits per heavy atom. The molecule has 0 aliphatic heterocycles. The van der Waals surface area contributed by atoms with E-state index < -0.39 is 12.1 Å². The molecule has 0 bridgehead atoms. The lowest BCUT2D eigenvalue weighted by molar-refractivity contribution is 0.0617. The SMILES string of the molecule is COc1ccc([C@H](N)[C@H](O)C2CCCCC2)cc1O. The molecule has 0 saturated heterocycles. The summed E-state index contributed by atoms with van der Waals surface area (Å²) in [7, 11) is 1.51. The Balaban J connectivity index is 2.09. The minimum atomic E-state index is -0.548. The van der Waals surface area contributed by atoms with E-state index in [2.05, 4.69) is 0 Å². The molecule has 1 aliphatic carbocycles. The van der Waals surface area contributed by atoms with Gasteiger partial charge in [0.05, 0.1) is 19.3 Å². The fraction of sp³-hybridized carbons (Fsp3) is 0.600. The van der Waals surface area contributed by atoms with Crippen LogP contribution in [0.5, 0.6) is 11.5 Å². The molecule has 1 aliphatic rings. The van der Waals surface area contributed by atoms with Gasteiger partial charge in [-0.1, -0.05) is 25.3 Å². The van der Waals surface area contributed by atoms with Crippen LogP contribution in [0, 0.1) is 5.92 Å². The van der Waals surface area contributed by atoms with Crippen LogP contribution in [0.25, 0.3) is 0 Å². The lowest BCUT2D eigenvalue weighted by atomic mass is 9.81. The average molecular weight is 265 g/mol. The van der Waals surface area contributed by atoms with Gasteiger partial charge in [-0.05, 0) is 36.5 Å². The minimum Gasteiger partial charge on any atom is -0.504 e. The number of hydrogen-bond acceptors (Lipinski definition) is 4. The Kier molecular flexibility index (Phi) is 4.66. The molecule has 0 spiro atoms. The minimum absolute atomic E-state index is 0.0614. The molecule has 1 aromatic rings. The lowest BCUT2D eigenvalue weighted by Crippen LogP contribution is -2.34. The summed E-state index contributed by atoms with van der Waals surface area (Å²) in [4.78, 5) is 0. The maximum Gasteiger partial charge on any atom is 0.160 e. The number of aliphatic hydroxyl groups is 1. The Labute approximate surface area is 114 Å². The number of benzene rings is 1. The molecule has 0 amide bonds. The van der Waals surface area contributed by atoms with Crippen molar-refractivity contribution in [2.75, 3.05) is 7.11 Å². The molecule has 0 radical (unpaired) electrons. The second-order valence-corrected chi connectivity index (χ2v) is 5.35. The van der Waals surface area contributed by atoms with Crippen LogP contribution in [0.3, 0.4) is 0 Å². The number of ether oxygens (including phenoxy) is 1. The smallest absolute Gasteiger partial charge is 0.160 e. The molecular formula is C15H23NO3. The number of methoxy groups -OCH3 is 1. The Bertz CT molecular complexity index is 416. The van der Waals surface area contributed by atoms with Gasteiger partial charge in [0.25, 0.3) is 0 Å². The van der Waals surface area contributed by atoms with Crippen LogP contribution in [-0.4, -0.2) is 23.4 Å². The van der Waals surface area contributed by atoms with E-state index in [0.717, 1.165) is 18.4 Å². The zero-order valence-corrected chi connectivity index (χ0v) is 11.4. The molecule has 4 heteroatoms. The van der Waals surface area contributed by atoms with Crippen molar-refractivity contribution in [3.05, 3.63) is 23.8 Å². The number of rotatable bonds is 4. The lowest BCUT2D eigenvalue weighted by Gasteiger charge is -2.30. The van der Waals surface area contributed by atoms with Gasteiger partial charge in [0.1, 0.15) is 0 Å². The molecule has 0 aromatic heterocycles. The highest BCUT2D eigenvalue weighted by Crippen LogP contribution is 2.34. The summed E-state index contributed by atoms with van der Waals surface area (Å²) in [6, 6.07) is 4.60. The molecule has 2 atom stereocenters. The Morgan fingerprint density at radius 1 is 1.26 bits per heavy atom. The van der Waals surface area contributed by atoms with Crippen molar-refractivity contribution in [2.45, 2.75) is 44.2 Å². The first-order valence-corrected chi connectivity index (χ1v) is 6.94. The van der Waals surface area contributed by atoms with Crippen molar-refractivity contribution in [1.82, 2.24) is 0 Å². The molecular weight excluding hydrogens is 242 g/mol. The number of aliphatic hydroxyl groups excluding tert-OH is 1. The molecule has 0 heterocycles. The van der Waals surface area contributed by atoms with Crippen LogP contribution in [0.15, 0.2) is 18.2 Å². The van der Waals surface area contributed by atoms with Gasteiger partial charge in [-0.25, -0.2) is 0 Å². The largest absolute Gasteiger partial charge is 0.504 e. The predicted octanol–water partition coefficient (Wildman–Crippen LogP) is 2.34. The molecule has 0 unspecified atom stereocenters. The van der Waals surface area contributed by atoms with Crippen molar-refractivity contribution in [3.63, 3.8) is 0 Å². The Morgan fingerprint density at radius 3 is 2.53 bits per heavy atom. The molecule has 4 nitrogen and oxygen atoms in total. The first-order chi connectivity index (χ1) is 9.13. The summed E-state index contributed by atoms with van der Waals surface area (Å²) in [5.41, 5.74) is 6.87. The summed E-state index contributed by atoms with van der Waals surface area (Å²) >= 11 is 0. The van der Waals surface area contributed by atoms with Gasteiger partial charge < -0.3 is 20.7 Å². The quantitative estimate of drug-likeness (QED) is 0.781. The van der Waals surface area contributed by atoms with Gasteiger partial charge >= 0.3 is 0 Å². The summed E-state index contributed by atoms with van der Waals surface area (Å²) in [5, 5.41) is 20.1. The van der Waals surface area contributed by atoms with E-state index in [9.17, 15) is 10.2 Å². The van der Waals surface area contributed by atoms with Crippen LogP contribution in [0.1, 0.15) is 43.7 Å². The first-order valence-electron chi connectivity index (χ1n) is 6.94. The zero-order valence-electron chi connectivity index (χ0n) is 11.4. The molecule has 2 rings (SSSR count). The van der Waals surface area contributed by atoms with E-state index in [4.69, 9.17) is 10.5 Å². The van der Waals surface area contributed by atoms with Crippen molar-refractivity contribution in [3.8, 4) is 11.5 Å². The van der Waals surface area contributed by atoms with Crippen molar-refractivity contribution in [1.29, 1.82) is 0 Å². The number of phenols is 1. The normalized spacial score (nSPS) is 19.9. The van der Waals surface area contributed by atoms with E-state index in [1.54, 1.807) is 18.2 Å². The highest BCUT2D eigenvalue weighted by molar-refractivity contribution is 5.42.